The molecular weight excluding hydrogens is 391 g/mol. The van der Waals surface area contributed by atoms with E-state index in [4.69, 9.17) is 4.74 Å². The molecule has 0 bridgehead atoms. The summed E-state index contributed by atoms with van der Waals surface area (Å²) in [7, 11) is 0. The number of benzene rings is 1. The molecular formula is C24H30F3NO2. The Morgan fingerprint density at radius 3 is 2.20 bits per heavy atom. The smallest absolute Gasteiger partial charge is 0.359 e. The van der Waals surface area contributed by atoms with E-state index in [9.17, 15) is 18.3 Å². The van der Waals surface area contributed by atoms with Crippen LogP contribution in [0.15, 0.2) is 54.6 Å². The first-order valence-corrected chi connectivity index (χ1v) is 10.9. The summed E-state index contributed by atoms with van der Waals surface area (Å²) >= 11 is 0. The van der Waals surface area contributed by atoms with Crippen molar-refractivity contribution in [2.75, 3.05) is 26.2 Å². The molecule has 1 heterocycles. The van der Waals surface area contributed by atoms with Crippen LogP contribution in [0.5, 0.6) is 0 Å². The van der Waals surface area contributed by atoms with Gasteiger partial charge in [-0.05, 0) is 62.4 Å². The number of likely N-dealkylation sites (tertiary alicyclic amines) is 1. The molecule has 3 nitrogen and oxygen atoms in total. The average Bonchev–Trinajstić information content (AvgIpc) is 2.70. The second kappa shape index (κ2) is 8.48. The second-order valence-electron chi connectivity index (χ2n) is 9.07. The van der Waals surface area contributed by atoms with E-state index in [2.05, 4.69) is 0 Å². The predicted octanol–water partition coefficient (Wildman–Crippen LogP) is 5.05. The highest BCUT2D eigenvalue weighted by atomic mass is 19.4. The fraction of sp³-hybridized carbons (Fsp3) is 0.583. The van der Waals surface area contributed by atoms with Crippen molar-refractivity contribution < 1.29 is 23.0 Å². The zero-order chi connectivity index (χ0) is 21.2. The van der Waals surface area contributed by atoms with E-state index >= 15 is 0 Å². The van der Waals surface area contributed by atoms with Crippen LogP contribution in [0.2, 0.25) is 0 Å². The van der Waals surface area contributed by atoms with Crippen molar-refractivity contribution in [3.8, 4) is 0 Å². The lowest BCUT2D eigenvalue weighted by Gasteiger charge is -2.47. The normalized spacial score (nSPS) is 29.7. The summed E-state index contributed by atoms with van der Waals surface area (Å²) in [6.07, 6.45) is 5.92. The van der Waals surface area contributed by atoms with Gasteiger partial charge in [0, 0.05) is 12.5 Å². The number of halogens is 3. The van der Waals surface area contributed by atoms with Crippen molar-refractivity contribution in [2.45, 2.75) is 50.0 Å². The Hall–Kier alpha value is -1.63. The Labute approximate surface area is 176 Å². The van der Waals surface area contributed by atoms with Crippen molar-refractivity contribution in [1.29, 1.82) is 0 Å². The highest BCUT2D eigenvalue weighted by Crippen LogP contribution is 2.53. The van der Waals surface area contributed by atoms with Gasteiger partial charge >= 0.3 is 6.18 Å². The van der Waals surface area contributed by atoms with Crippen LogP contribution < -0.4 is 0 Å². The Kier molecular flexibility index (Phi) is 6.11. The van der Waals surface area contributed by atoms with Gasteiger partial charge in [0.1, 0.15) is 0 Å². The minimum absolute atomic E-state index is 0.116. The van der Waals surface area contributed by atoms with E-state index in [0.717, 1.165) is 18.4 Å². The summed E-state index contributed by atoms with van der Waals surface area (Å²) in [6, 6.07) is 10.0. The van der Waals surface area contributed by atoms with Gasteiger partial charge in [-0.2, -0.15) is 13.2 Å². The molecule has 0 radical (unpaired) electrons. The zero-order valence-electron chi connectivity index (χ0n) is 17.2. The van der Waals surface area contributed by atoms with Crippen molar-refractivity contribution in [3.63, 3.8) is 0 Å². The standard InChI is InChI=1S/C24H30F3NO2/c25-24(26,27)22(11-4-12-22)18-28-15-9-19(10-16-28)17-30-23(29)13-7-21(8-14-23)20-5-2-1-3-6-20/h1-3,5-8,13-14,19,21,29H,4,9-12,15-18H2. The van der Waals surface area contributed by atoms with E-state index in [0.29, 0.717) is 26.1 Å². The summed E-state index contributed by atoms with van der Waals surface area (Å²) in [5.74, 6) is -1.04. The van der Waals surface area contributed by atoms with Crippen LogP contribution in [0.3, 0.4) is 0 Å². The third-order valence-corrected chi connectivity index (χ3v) is 6.96. The molecule has 1 saturated carbocycles. The molecule has 1 N–H and O–H groups in total. The SMILES string of the molecule is OC1(OCC2CCN(CC3(C(F)(F)F)CCC3)CC2)C=CC(c2ccccc2)C=C1. The fourth-order valence-corrected chi connectivity index (χ4v) is 4.72. The molecule has 0 unspecified atom stereocenters. The van der Waals surface area contributed by atoms with E-state index in [1.165, 1.54) is 0 Å². The van der Waals surface area contributed by atoms with Gasteiger partial charge < -0.3 is 14.7 Å². The largest absolute Gasteiger partial charge is 0.395 e. The number of hydrogen-bond donors (Lipinski definition) is 1. The van der Waals surface area contributed by atoms with Crippen molar-refractivity contribution in [3.05, 3.63) is 60.2 Å². The minimum Gasteiger partial charge on any atom is -0.359 e. The summed E-state index contributed by atoms with van der Waals surface area (Å²) in [5, 5.41) is 10.7. The van der Waals surface area contributed by atoms with Gasteiger partial charge in [0.05, 0.1) is 12.0 Å². The third kappa shape index (κ3) is 4.66. The Morgan fingerprint density at radius 2 is 1.67 bits per heavy atom. The van der Waals surface area contributed by atoms with Crippen molar-refractivity contribution >= 4 is 0 Å². The molecule has 164 valence electrons. The number of piperidine rings is 1. The monoisotopic (exact) mass is 421 g/mol. The number of nitrogens with zero attached hydrogens (tertiary/aromatic N) is 1. The summed E-state index contributed by atoms with van der Waals surface area (Å²) in [4.78, 5) is 1.96. The first-order valence-electron chi connectivity index (χ1n) is 10.9. The van der Waals surface area contributed by atoms with Gasteiger partial charge in [-0.15, -0.1) is 0 Å². The Morgan fingerprint density at radius 1 is 1.03 bits per heavy atom. The van der Waals surface area contributed by atoms with Crippen LogP contribution in [-0.2, 0) is 4.74 Å². The van der Waals surface area contributed by atoms with Gasteiger partial charge in [0.25, 0.3) is 0 Å². The van der Waals surface area contributed by atoms with E-state index in [-0.39, 0.29) is 31.2 Å². The fourth-order valence-electron chi connectivity index (χ4n) is 4.72. The molecule has 30 heavy (non-hydrogen) atoms. The topological polar surface area (TPSA) is 32.7 Å². The maximum atomic E-state index is 13.4. The van der Waals surface area contributed by atoms with Gasteiger partial charge in [0.2, 0.25) is 5.79 Å². The third-order valence-electron chi connectivity index (χ3n) is 6.96. The maximum Gasteiger partial charge on any atom is 0.395 e. The predicted molar refractivity (Wildman–Crippen MR) is 110 cm³/mol. The van der Waals surface area contributed by atoms with Crippen LogP contribution in [0.4, 0.5) is 13.2 Å². The number of hydrogen-bond acceptors (Lipinski definition) is 3. The highest BCUT2D eigenvalue weighted by Gasteiger charge is 2.58. The molecule has 0 aromatic heterocycles. The molecule has 4 rings (SSSR count). The number of allylic oxidation sites excluding steroid dienone is 2. The quantitative estimate of drug-likeness (QED) is 0.516. The molecule has 1 saturated heterocycles. The van der Waals surface area contributed by atoms with Crippen LogP contribution in [0, 0.1) is 11.3 Å². The summed E-state index contributed by atoms with van der Waals surface area (Å²) < 4.78 is 46.0. The Balaban J connectivity index is 1.23. The number of rotatable bonds is 6. The van der Waals surface area contributed by atoms with Crippen LogP contribution in [0.25, 0.3) is 0 Å². The number of aliphatic hydroxyl groups is 1. The van der Waals surface area contributed by atoms with Crippen molar-refractivity contribution in [1.82, 2.24) is 4.90 Å². The molecule has 6 heteroatoms. The number of alkyl halides is 3. The molecule has 1 aromatic rings. The summed E-state index contributed by atoms with van der Waals surface area (Å²) in [6.45, 7) is 1.85. The molecule has 3 aliphatic rings. The number of ether oxygens (including phenoxy) is 1. The van der Waals surface area contributed by atoms with Gasteiger partial charge in [0.15, 0.2) is 0 Å². The van der Waals surface area contributed by atoms with E-state index in [1.807, 2.05) is 47.4 Å². The van der Waals surface area contributed by atoms with Crippen LogP contribution in [-0.4, -0.2) is 48.2 Å². The summed E-state index contributed by atoms with van der Waals surface area (Å²) in [5.41, 5.74) is -0.333. The molecule has 0 spiro atoms. The molecule has 1 aromatic carbocycles. The van der Waals surface area contributed by atoms with Crippen molar-refractivity contribution in [2.24, 2.45) is 11.3 Å². The lowest BCUT2D eigenvalue weighted by molar-refractivity contribution is -0.257. The lowest BCUT2D eigenvalue weighted by atomic mass is 9.67. The molecule has 2 fully saturated rings. The molecule has 0 atom stereocenters. The Bertz CT molecular complexity index is 748. The first kappa shape index (κ1) is 21.6. The molecule has 1 aliphatic heterocycles. The van der Waals surface area contributed by atoms with Crippen LogP contribution >= 0.6 is 0 Å². The second-order valence-corrected chi connectivity index (χ2v) is 9.07. The molecule has 2 aliphatic carbocycles. The van der Waals surface area contributed by atoms with Gasteiger partial charge in [-0.3, -0.25) is 0 Å². The van der Waals surface area contributed by atoms with E-state index in [1.54, 1.807) is 12.2 Å². The zero-order valence-corrected chi connectivity index (χ0v) is 17.2. The van der Waals surface area contributed by atoms with Gasteiger partial charge in [-0.1, -0.05) is 48.9 Å². The maximum absolute atomic E-state index is 13.4. The lowest BCUT2D eigenvalue weighted by Crippen LogP contribution is -2.53. The first-order chi connectivity index (χ1) is 14.3. The highest BCUT2D eigenvalue weighted by molar-refractivity contribution is 5.33. The minimum atomic E-state index is -4.11. The van der Waals surface area contributed by atoms with E-state index < -0.39 is 17.4 Å². The van der Waals surface area contributed by atoms with Gasteiger partial charge in [-0.25, -0.2) is 0 Å². The van der Waals surface area contributed by atoms with Crippen LogP contribution in [0.1, 0.15) is 43.6 Å². The molecule has 0 amide bonds. The average molecular weight is 422 g/mol.